The first-order valence-electron chi connectivity index (χ1n) is 8.73. The normalized spacial score (nSPS) is 22.5. The highest BCUT2D eigenvalue weighted by Crippen LogP contribution is 2.31. The molecule has 2 heterocycles. The summed E-state index contributed by atoms with van der Waals surface area (Å²) in [5.74, 6) is -0.0430. The second kappa shape index (κ2) is 7.15. The third-order valence-electron chi connectivity index (χ3n) is 5.03. The quantitative estimate of drug-likeness (QED) is 0.864. The van der Waals surface area contributed by atoms with E-state index in [4.69, 9.17) is 0 Å². The first-order chi connectivity index (χ1) is 11.6. The smallest absolute Gasteiger partial charge is 0.264 e. The van der Waals surface area contributed by atoms with Crippen LogP contribution in [-0.2, 0) is 9.59 Å². The SMILES string of the molecule is CC(NC(=O)C1CCCC1)C(=O)N1CCCC1c1ccc(=O)[nH]n1. The summed E-state index contributed by atoms with van der Waals surface area (Å²) in [6.07, 6.45) is 5.72. The molecule has 0 aromatic carbocycles. The van der Waals surface area contributed by atoms with Gasteiger partial charge in [0.15, 0.2) is 0 Å². The molecule has 1 aliphatic carbocycles. The van der Waals surface area contributed by atoms with Crippen LogP contribution in [0.3, 0.4) is 0 Å². The van der Waals surface area contributed by atoms with E-state index >= 15 is 0 Å². The Bertz CT molecular complexity index is 646. The lowest BCUT2D eigenvalue weighted by Gasteiger charge is -2.27. The summed E-state index contributed by atoms with van der Waals surface area (Å²) in [5.41, 5.74) is 0.432. The Labute approximate surface area is 140 Å². The van der Waals surface area contributed by atoms with Crippen molar-refractivity contribution >= 4 is 11.8 Å². The summed E-state index contributed by atoms with van der Waals surface area (Å²) in [4.78, 5) is 37.9. The number of hydrogen-bond acceptors (Lipinski definition) is 4. The monoisotopic (exact) mass is 332 g/mol. The van der Waals surface area contributed by atoms with Crippen LogP contribution in [0, 0.1) is 5.92 Å². The van der Waals surface area contributed by atoms with Crippen molar-refractivity contribution in [3.05, 3.63) is 28.2 Å². The minimum atomic E-state index is -0.540. The second-order valence-electron chi connectivity index (χ2n) is 6.75. The third kappa shape index (κ3) is 3.49. The largest absolute Gasteiger partial charge is 0.344 e. The summed E-state index contributed by atoms with van der Waals surface area (Å²) in [7, 11) is 0. The lowest BCUT2D eigenvalue weighted by atomic mass is 10.1. The van der Waals surface area contributed by atoms with E-state index in [-0.39, 0.29) is 29.3 Å². The van der Waals surface area contributed by atoms with E-state index in [1.807, 2.05) is 0 Å². The minimum Gasteiger partial charge on any atom is -0.344 e. The number of H-pyrrole nitrogens is 1. The van der Waals surface area contributed by atoms with Crippen molar-refractivity contribution in [2.75, 3.05) is 6.54 Å². The van der Waals surface area contributed by atoms with E-state index in [1.54, 1.807) is 17.9 Å². The Morgan fingerprint density at radius 3 is 2.67 bits per heavy atom. The molecule has 1 saturated heterocycles. The molecular weight excluding hydrogens is 308 g/mol. The Kier molecular flexibility index (Phi) is 4.97. The van der Waals surface area contributed by atoms with Crippen LogP contribution < -0.4 is 10.9 Å². The topological polar surface area (TPSA) is 95.2 Å². The van der Waals surface area contributed by atoms with Gasteiger partial charge in [-0.3, -0.25) is 14.4 Å². The van der Waals surface area contributed by atoms with Gasteiger partial charge >= 0.3 is 0 Å². The van der Waals surface area contributed by atoms with Crippen molar-refractivity contribution in [2.45, 2.75) is 57.5 Å². The molecule has 24 heavy (non-hydrogen) atoms. The zero-order chi connectivity index (χ0) is 17.1. The van der Waals surface area contributed by atoms with Crippen molar-refractivity contribution in [3.8, 4) is 0 Å². The maximum absolute atomic E-state index is 12.8. The molecule has 0 radical (unpaired) electrons. The standard InChI is InChI=1S/C17H24N4O3/c1-11(18-16(23)12-5-2-3-6-12)17(24)21-10-4-7-14(21)13-8-9-15(22)20-19-13/h8-9,11-12,14H,2-7,10H2,1H3,(H,18,23)(H,20,22). The zero-order valence-electron chi connectivity index (χ0n) is 14.0. The van der Waals surface area contributed by atoms with Gasteiger partial charge in [0.2, 0.25) is 11.8 Å². The van der Waals surface area contributed by atoms with Crippen LogP contribution in [0.2, 0.25) is 0 Å². The molecule has 1 aromatic rings. The first-order valence-corrected chi connectivity index (χ1v) is 8.73. The van der Waals surface area contributed by atoms with Crippen LogP contribution in [0.15, 0.2) is 16.9 Å². The van der Waals surface area contributed by atoms with E-state index in [1.165, 1.54) is 6.07 Å². The fourth-order valence-corrected chi connectivity index (χ4v) is 3.71. The summed E-state index contributed by atoms with van der Waals surface area (Å²) >= 11 is 0. The maximum atomic E-state index is 12.8. The fraction of sp³-hybridized carbons (Fsp3) is 0.647. The number of amides is 2. The maximum Gasteiger partial charge on any atom is 0.264 e. The van der Waals surface area contributed by atoms with Gasteiger partial charge in [-0.25, -0.2) is 5.10 Å². The molecule has 7 heteroatoms. The predicted octanol–water partition coefficient (Wildman–Crippen LogP) is 1.13. The summed E-state index contributed by atoms with van der Waals surface area (Å²) in [6.45, 7) is 2.39. The molecule has 0 spiro atoms. The Morgan fingerprint density at radius 2 is 2.00 bits per heavy atom. The van der Waals surface area contributed by atoms with Crippen LogP contribution in [-0.4, -0.2) is 39.5 Å². The number of carbonyl (C=O) groups excluding carboxylic acids is 2. The predicted molar refractivity (Wildman–Crippen MR) is 88.1 cm³/mol. The number of rotatable bonds is 4. The van der Waals surface area contributed by atoms with Gasteiger partial charge in [-0.1, -0.05) is 12.8 Å². The van der Waals surface area contributed by atoms with E-state index in [0.29, 0.717) is 12.2 Å². The van der Waals surface area contributed by atoms with Crippen LogP contribution in [0.1, 0.15) is 57.2 Å². The van der Waals surface area contributed by atoms with Gasteiger partial charge in [0.05, 0.1) is 11.7 Å². The minimum absolute atomic E-state index is 0.00809. The molecule has 2 N–H and O–H groups in total. The highest BCUT2D eigenvalue weighted by Gasteiger charge is 2.34. The lowest BCUT2D eigenvalue weighted by molar-refractivity contribution is -0.137. The molecule has 3 rings (SSSR count). The van der Waals surface area contributed by atoms with Crippen molar-refractivity contribution < 1.29 is 9.59 Å². The molecule has 2 aliphatic rings. The second-order valence-corrected chi connectivity index (χ2v) is 6.75. The summed E-state index contributed by atoms with van der Waals surface area (Å²) in [5, 5.41) is 9.35. The summed E-state index contributed by atoms with van der Waals surface area (Å²) in [6, 6.07) is 2.41. The zero-order valence-corrected chi connectivity index (χ0v) is 14.0. The van der Waals surface area contributed by atoms with Crippen LogP contribution >= 0.6 is 0 Å². The van der Waals surface area contributed by atoms with Gasteiger partial charge in [0.25, 0.3) is 5.56 Å². The van der Waals surface area contributed by atoms with Crippen LogP contribution in [0.4, 0.5) is 0 Å². The van der Waals surface area contributed by atoms with E-state index in [2.05, 4.69) is 15.5 Å². The van der Waals surface area contributed by atoms with Crippen molar-refractivity contribution in [1.29, 1.82) is 0 Å². The molecule has 1 aromatic heterocycles. The Balaban J connectivity index is 1.65. The fourth-order valence-electron chi connectivity index (χ4n) is 3.71. The van der Waals surface area contributed by atoms with Crippen LogP contribution in [0.5, 0.6) is 0 Å². The number of aromatic nitrogens is 2. The molecule has 1 aliphatic heterocycles. The van der Waals surface area contributed by atoms with Gasteiger partial charge in [-0.2, -0.15) is 5.10 Å². The van der Waals surface area contributed by atoms with Gasteiger partial charge in [0.1, 0.15) is 6.04 Å². The van der Waals surface area contributed by atoms with E-state index in [9.17, 15) is 14.4 Å². The molecule has 7 nitrogen and oxygen atoms in total. The molecule has 2 atom stereocenters. The van der Waals surface area contributed by atoms with Gasteiger partial charge in [-0.05, 0) is 38.7 Å². The molecule has 2 fully saturated rings. The number of hydrogen-bond donors (Lipinski definition) is 2. The van der Waals surface area contributed by atoms with E-state index in [0.717, 1.165) is 38.5 Å². The molecule has 130 valence electrons. The lowest BCUT2D eigenvalue weighted by Crippen LogP contribution is -2.48. The number of carbonyl (C=O) groups is 2. The Hall–Kier alpha value is -2.18. The number of nitrogens with one attached hydrogen (secondary N) is 2. The number of aromatic amines is 1. The first kappa shape index (κ1) is 16.7. The third-order valence-corrected chi connectivity index (χ3v) is 5.03. The molecule has 0 bridgehead atoms. The molecule has 2 unspecified atom stereocenters. The van der Waals surface area contributed by atoms with Crippen LogP contribution in [0.25, 0.3) is 0 Å². The molecular formula is C17H24N4O3. The highest BCUT2D eigenvalue weighted by molar-refractivity contribution is 5.88. The Morgan fingerprint density at radius 1 is 1.25 bits per heavy atom. The highest BCUT2D eigenvalue weighted by atomic mass is 16.2. The van der Waals surface area contributed by atoms with Crippen molar-refractivity contribution in [2.24, 2.45) is 5.92 Å². The number of nitrogens with zero attached hydrogens (tertiary/aromatic N) is 2. The van der Waals surface area contributed by atoms with Crippen molar-refractivity contribution in [1.82, 2.24) is 20.4 Å². The molecule has 2 amide bonds. The number of likely N-dealkylation sites (tertiary alicyclic amines) is 1. The summed E-state index contributed by atoms with van der Waals surface area (Å²) < 4.78 is 0. The van der Waals surface area contributed by atoms with E-state index < -0.39 is 6.04 Å². The van der Waals surface area contributed by atoms with Crippen molar-refractivity contribution in [3.63, 3.8) is 0 Å². The van der Waals surface area contributed by atoms with Gasteiger partial charge < -0.3 is 10.2 Å². The van der Waals surface area contributed by atoms with Gasteiger partial charge in [-0.15, -0.1) is 0 Å². The average Bonchev–Trinajstić information content (AvgIpc) is 3.26. The van der Waals surface area contributed by atoms with Gasteiger partial charge in [0, 0.05) is 18.5 Å². The average molecular weight is 332 g/mol. The molecule has 1 saturated carbocycles.